The van der Waals surface area contributed by atoms with Crippen LogP contribution in [-0.2, 0) is 4.74 Å². The molecule has 0 saturated carbocycles. The molecule has 8 nitrogen and oxygen atoms in total. The number of ether oxygens (including phenoxy) is 2. The molecule has 1 aromatic carbocycles. The molecule has 3 aromatic rings. The van der Waals surface area contributed by atoms with Crippen molar-refractivity contribution in [1.82, 2.24) is 25.1 Å². The van der Waals surface area contributed by atoms with Crippen molar-refractivity contribution in [2.45, 2.75) is 0 Å². The second-order valence-corrected chi connectivity index (χ2v) is 4.99. The van der Waals surface area contributed by atoms with Crippen LogP contribution in [0.1, 0.15) is 10.5 Å². The van der Waals surface area contributed by atoms with Gasteiger partial charge in [-0.1, -0.05) is 18.2 Å². The van der Waals surface area contributed by atoms with Gasteiger partial charge in [-0.05, 0) is 12.1 Å². The van der Waals surface area contributed by atoms with E-state index >= 15 is 0 Å². The Bertz CT molecular complexity index is 862. The standard InChI is InChI=1S/C16H17N5O3/c1-23-8-7-17-16(22)13-9-12(15-19-18-10-21(15)20-13)11-5-3-4-6-14(11)24-2/h3-6,9-10H,7-8H2,1-2H3,(H,17,22). The molecule has 2 heterocycles. The van der Waals surface area contributed by atoms with Crippen molar-refractivity contribution in [2.24, 2.45) is 0 Å². The van der Waals surface area contributed by atoms with Crippen LogP contribution in [0, 0.1) is 0 Å². The third-order valence-electron chi connectivity index (χ3n) is 3.49. The van der Waals surface area contributed by atoms with Crippen LogP contribution >= 0.6 is 0 Å². The largest absolute Gasteiger partial charge is 0.496 e. The molecule has 0 bridgehead atoms. The summed E-state index contributed by atoms with van der Waals surface area (Å²) in [6, 6.07) is 9.20. The number of nitrogens with zero attached hydrogens (tertiary/aromatic N) is 4. The Morgan fingerprint density at radius 3 is 2.88 bits per heavy atom. The van der Waals surface area contributed by atoms with E-state index in [-0.39, 0.29) is 11.6 Å². The zero-order chi connectivity index (χ0) is 16.9. The summed E-state index contributed by atoms with van der Waals surface area (Å²) >= 11 is 0. The van der Waals surface area contributed by atoms with Gasteiger partial charge in [0.25, 0.3) is 5.91 Å². The van der Waals surface area contributed by atoms with E-state index in [0.717, 1.165) is 11.1 Å². The minimum Gasteiger partial charge on any atom is -0.496 e. The molecular formula is C16H17N5O3. The number of carbonyl (C=O) groups excluding carboxylic acids is 1. The summed E-state index contributed by atoms with van der Waals surface area (Å²) in [5.74, 6) is 0.387. The monoisotopic (exact) mass is 327 g/mol. The number of rotatable bonds is 6. The van der Waals surface area contributed by atoms with E-state index in [1.165, 1.54) is 10.8 Å². The predicted molar refractivity (Wildman–Crippen MR) is 87.0 cm³/mol. The summed E-state index contributed by atoms with van der Waals surface area (Å²) in [6.07, 6.45) is 1.46. The van der Waals surface area contributed by atoms with E-state index < -0.39 is 0 Å². The minimum atomic E-state index is -0.293. The molecule has 0 saturated heterocycles. The highest BCUT2D eigenvalue weighted by atomic mass is 16.5. The van der Waals surface area contributed by atoms with Gasteiger partial charge in [-0.3, -0.25) is 4.79 Å². The van der Waals surface area contributed by atoms with Gasteiger partial charge in [0.2, 0.25) is 0 Å². The van der Waals surface area contributed by atoms with E-state index in [4.69, 9.17) is 9.47 Å². The van der Waals surface area contributed by atoms with E-state index in [0.29, 0.717) is 24.5 Å². The smallest absolute Gasteiger partial charge is 0.271 e. The number of aromatic nitrogens is 4. The summed E-state index contributed by atoms with van der Waals surface area (Å²) in [7, 11) is 3.17. The van der Waals surface area contributed by atoms with Gasteiger partial charge in [0.15, 0.2) is 5.65 Å². The molecule has 0 aliphatic heterocycles. The molecule has 0 spiro atoms. The van der Waals surface area contributed by atoms with Crippen molar-refractivity contribution in [2.75, 3.05) is 27.4 Å². The summed E-state index contributed by atoms with van der Waals surface area (Å²) in [5, 5.41) is 15.0. The maximum atomic E-state index is 12.3. The van der Waals surface area contributed by atoms with Crippen molar-refractivity contribution < 1.29 is 14.3 Å². The fourth-order valence-corrected chi connectivity index (χ4v) is 2.36. The van der Waals surface area contributed by atoms with Crippen LogP contribution in [0.3, 0.4) is 0 Å². The molecule has 124 valence electrons. The van der Waals surface area contributed by atoms with Gasteiger partial charge < -0.3 is 14.8 Å². The normalized spacial score (nSPS) is 10.8. The van der Waals surface area contributed by atoms with E-state index in [1.54, 1.807) is 20.3 Å². The molecule has 0 radical (unpaired) electrons. The molecule has 0 aliphatic rings. The van der Waals surface area contributed by atoms with Gasteiger partial charge >= 0.3 is 0 Å². The second-order valence-electron chi connectivity index (χ2n) is 4.99. The molecule has 3 rings (SSSR count). The number of nitrogens with one attached hydrogen (secondary N) is 1. The molecule has 0 atom stereocenters. The van der Waals surface area contributed by atoms with Gasteiger partial charge in [0, 0.05) is 24.8 Å². The summed E-state index contributed by atoms with van der Waals surface area (Å²) in [5.41, 5.74) is 2.34. The lowest BCUT2D eigenvalue weighted by Gasteiger charge is -2.10. The Labute approximate surface area is 138 Å². The van der Waals surface area contributed by atoms with Crippen LogP contribution in [0.5, 0.6) is 5.75 Å². The first kappa shape index (κ1) is 15.9. The number of carbonyl (C=O) groups is 1. The number of methoxy groups -OCH3 is 2. The van der Waals surface area contributed by atoms with Crippen molar-refractivity contribution >= 4 is 11.6 Å². The zero-order valence-corrected chi connectivity index (χ0v) is 13.4. The third-order valence-corrected chi connectivity index (χ3v) is 3.49. The van der Waals surface area contributed by atoms with Gasteiger partial charge in [-0.2, -0.15) is 9.61 Å². The first-order chi connectivity index (χ1) is 11.7. The first-order valence-corrected chi connectivity index (χ1v) is 7.36. The highest BCUT2D eigenvalue weighted by Gasteiger charge is 2.17. The quantitative estimate of drug-likeness (QED) is 0.684. The molecule has 24 heavy (non-hydrogen) atoms. The molecule has 8 heteroatoms. The second kappa shape index (κ2) is 7.05. The molecule has 0 fully saturated rings. The third kappa shape index (κ3) is 3.04. The Hall–Kier alpha value is -3.00. The lowest BCUT2D eigenvalue weighted by molar-refractivity contribution is 0.0931. The van der Waals surface area contributed by atoms with Crippen molar-refractivity contribution in [3.05, 3.63) is 42.4 Å². The SMILES string of the molecule is COCCNC(=O)c1cc(-c2ccccc2OC)c2nncn2n1. The molecule has 1 amide bonds. The lowest BCUT2D eigenvalue weighted by Crippen LogP contribution is -2.28. The average molecular weight is 327 g/mol. The number of hydrogen-bond donors (Lipinski definition) is 1. The van der Waals surface area contributed by atoms with Crippen molar-refractivity contribution in [3.8, 4) is 16.9 Å². The van der Waals surface area contributed by atoms with Gasteiger partial charge in [0.05, 0.1) is 13.7 Å². The van der Waals surface area contributed by atoms with Crippen LogP contribution < -0.4 is 10.1 Å². The minimum absolute atomic E-state index is 0.263. The maximum Gasteiger partial charge on any atom is 0.271 e. The Balaban J connectivity index is 2.07. The van der Waals surface area contributed by atoms with Crippen LogP contribution in [0.2, 0.25) is 0 Å². The van der Waals surface area contributed by atoms with Crippen LogP contribution in [-0.4, -0.2) is 53.1 Å². The van der Waals surface area contributed by atoms with E-state index in [1.807, 2.05) is 24.3 Å². The lowest BCUT2D eigenvalue weighted by atomic mass is 10.1. The highest BCUT2D eigenvalue weighted by Crippen LogP contribution is 2.31. The summed E-state index contributed by atoms with van der Waals surface area (Å²) in [4.78, 5) is 12.3. The highest BCUT2D eigenvalue weighted by molar-refractivity contribution is 5.95. The topological polar surface area (TPSA) is 90.6 Å². The summed E-state index contributed by atoms with van der Waals surface area (Å²) in [6.45, 7) is 0.835. The summed E-state index contributed by atoms with van der Waals surface area (Å²) < 4.78 is 11.8. The van der Waals surface area contributed by atoms with Crippen LogP contribution in [0.4, 0.5) is 0 Å². The van der Waals surface area contributed by atoms with Gasteiger partial charge in [-0.15, -0.1) is 10.2 Å². The number of fused-ring (bicyclic) bond motifs is 1. The average Bonchev–Trinajstić information content (AvgIpc) is 3.09. The van der Waals surface area contributed by atoms with E-state index in [9.17, 15) is 4.79 Å². The predicted octanol–water partition coefficient (Wildman–Crippen LogP) is 1.18. The molecular weight excluding hydrogens is 310 g/mol. The Morgan fingerprint density at radius 1 is 1.25 bits per heavy atom. The molecule has 0 unspecified atom stereocenters. The van der Waals surface area contributed by atoms with Gasteiger partial charge in [0.1, 0.15) is 17.8 Å². The molecule has 2 aromatic heterocycles. The van der Waals surface area contributed by atoms with Crippen molar-refractivity contribution in [1.29, 1.82) is 0 Å². The zero-order valence-electron chi connectivity index (χ0n) is 13.4. The number of para-hydroxylation sites is 1. The Morgan fingerprint density at radius 2 is 2.08 bits per heavy atom. The first-order valence-electron chi connectivity index (χ1n) is 7.36. The number of hydrogen-bond acceptors (Lipinski definition) is 6. The number of amides is 1. The van der Waals surface area contributed by atoms with Crippen molar-refractivity contribution in [3.63, 3.8) is 0 Å². The Kier molecular flexibility index (Phi) is 4.66. The number of benzene rings is 1. The van der Waals surface area contributed by atoms with Crippen LogP contribution in [0.25, 0.3) is 16.8 Å². The molecule has 0 aliphatic carbocycles. The molecule has 1 N–H and O–H groups in total. The fraction of sp³-hybridized carbons (Fsp3) is 0.250. The van der Waals surface area contributed by atoms with Crippen LogP contribution in [0.15, 0.2) is 36.7 Å². The maximum absolute atomic E-state index is 12.3. The fourth-order valence-electron chi connectivity index (χ4n) is 2.36. The van der Waals surface area contributed by atoms with Gasteiger partial charge in [-0.25, -0.2) is 0 Å². The van der Waals surface area contributed by atoms with E-state index in [2.05, 4.69) is 20.6 Å².